The molecule has 0 atom stereocenters. The molecule has 1 aromatic carbocycles. The van der Waals surface area contributed by atoms with Crippen molar-refractivity contribution in [1.29, 1.82) is 0 Å². The number of halogens is 1. The van der Waals surface area contributed by atoms with Crippen LogP contribution in [-0.2, 0) is 6.42 Å². The summed E-state index contributed by atoms with van der Waals surface area (Å²) < 4.78 is 0.951. The van der Waals surface area contributed by atoms with Crippen LogP contribution in [-0.4, -0.2) is 10.9 Å². The molecule has 0 fully saturated rings. The fraction of sp³-hybridized carbons (Fsp3) is 0.0833. The van der Waals surface area contributed by atoms with E-state index >= 15 is 0 Å². The SMILES string of the molecule is O=C(Cc1cccc(O)c1)c1ccc(Br)s1. The highest BCUT2D eigenvalue weighted by molar-refractivity contribution is 9.11. The molecule has 0 aliphatic carbocycles. The summed E-state index contributed by atoms with van der Waals surface area (Å²) in [6.07, 6.45) is 0.321. The number of benzene rings is 1. The van der Waals surface area contributed by atoms with Crippen molar-refractivity contribution in [3.63, 3.8) is 0 Å². The normalized spacial score (nSPS) is 10.3. The van der Waals surface area contributed by atoms with Crippen LogP contribution in [0.3, 0.4) is 0 Å². The van der Waals surface area contributed by atoms with Crippen molar-refractivity contribution in [2.75, 3.05) is 0 Å². The zero-order chi connectivity index (χ0) is 11.5. The van der Waals surface area contributed by atoms with E-state index in [0.29, 0.717) is 6.42 Å². The number of thiophene rings is 1. The number of hydrogen-bond donors (Lipinski definition) is 1. The molecule has 1 N–H and O–H groups in total. The highest BCUT2D eigenvalue weighted by Crippen LogP contribution is 2.23. The Morgan fingerprint density at radius 3 is 2.75 bits per heavy atom. The van der Waals surface area contributed by atoms with Crippen LogP contribution >= 0.6 is 27.3 Å². The average Bonchev–Trinajstić information content (AvgIpc) is 2.65. The van der Waals surface area contributed by atoms with Crippen molar-refractivity contribution in [2.45, 2.75) is 6.42 Å². The van der Waals surface area contributed by atoms with E-state index in [0.717, 1.165) is 14.2 Å². The van der Waals surface area contributed by atoms with Gasteiger partial charge in [0.25, 0.3) is 0 Å². The van der Waals surface area contributed by atoms with Gasteiger partial charge >= 0.3 is 0 Å². The van der Waals surface area contributed by atoms with Crippen molar-refractivity contribution >= 4 is 33.0 Å². The second-order valence-corrected chi connectivity index (χ2v) is 5.84. The lowest BCUT2D eigenvalue weighted by Crippen LogP contribution is -2.00. The third kappa shape index (κ3) is 2.71. The van der Waals surface area contributed by atoms with E-state index in [9.17, 15) is 9.90 Å². The number of carbonyl (C=O) groups excluding carboxylic acids is 1. The Hall–Kier alpha value is -1.13. The number of hydrogen-bond acceptors (Lipinski definition) is 3. The molecule has 0 aliphatic heterocycles. The Morgan fingerprint density at radius 2 is 2.12 bits per heavy atom. The minimum absolute atomic E-state index is 0.0706. The van der Waals surface area contributed by atoms with Crippen molar-refractivity contribution in [2.24, 2.45) is 0 Å². The van der Waals surface area contributed by atoms with Gasteiger partial charge in [0.15, 0.2) is 5.78 Å². The maximum atomic E-state index is 11.8. The van der Waals surface area contributed by atoms with Gasteiger partial charge in [-0.15, -0.1) is 11.3 Å². The first-order chi connectivity index (χ1) is 7.65. The molecule has 0 radical (unpaired) electrons. The molecule has 4 heteroatoms. The van der Waals surface area contributed by atoms with E-state index in [1.54, 1.807) is 24.3 Å². The summed E-state index contributed by atoms with van der Waals surface area (Å²) in [7, 11) is 0. The molecule has 0 unspecified atom stereocenters. The molecule has 0 amide bonds. The van der Waals surface area contributed by atoms with Crippen molar-refractivity contribution in [3.05, 3.63) is 50.6 Å². The zero-order valence-corrected chi connectivity index (χ0v) is 10.7. The van der Waals surface area contributed by atoms with Gasteiger partial charge in [0.2, 0.25) is 0 Å². The van der Waals surface area contributed by atoms with Gasteiger partial charge in [0.05, 0.1) is 8.66 Å². The molecule has 1 heterocycles. The van der Waals surface area contributed by atoms with Crippen molar-refractivity contribution in [3.8, 4) is 5.75 Å². The topological polar surface area (TPSA) is 37.3 Å². The fourth-order valence-corrected chi connectivity index (χ4v) is 2.73. The lowest BCUT2D eigenvalue weighted by molar-refractivity contribution is 0.0997. The molecular weight excluding hydrogens is 288 g/mol. The standard InChI is InChI=1S/C12H9BrO2S/c13-12-5-4-11(16-12)10(15)7-8-2-1-3-9(14)6-8/h1-6,14H,7H2. The predicted octanol–water partition coefficient (Wildman–Crippen LogP) is 3.64. The summed E-state index contributed by atoms with van der Waals surface area (Å²) in [6, 6.07) is 10.4. The summed E-state index contributed by atoms with van der Waals surface area (Å²) in [5.41, 5.74) is 0.828. The summed E-state index contributed by atoms with van der Waals surface area (Å²) in [5.74, 6) is 0.263. The molecular formula is C12H9BrO2S. The van der Waals surface area contributed by atoms with E-state index < -0.39 is 0 Å². The van der Waals surface area contributed by atoms with Gasteiger partial charge in [-0.2, -0.15) is 0 Å². The van der Waals surface area contributed by atoms with Crippen LogP contribution in [0.25, 0.3) is 0 Å². The highest BCUT2D eigenvalue weighted by atomic mass is 79.9. The Bertz CT molecular complexity index is 519. The third-order valence-electron chi connectivity index (χ3n) is 2.12. The number of rotatable bonds is 3. The molecule has 0 aliphatic rings. The summed E-state index contributed by atoms with van der Waals surface area (Å²) in [5, 5.41) is 9.28. The Kier molecular flexibility index (Phi) is 3.41. The largest absolute Gasteiger partial charge is 0.508 e. The van der Waals surface area contributed by atoms with Crippen LogP contribution in [0.2, 0.25) is 0 Å². The van der Waals surface area contributed by atoms with E-state index in [1.165, 1.54) is 11.3 Å². The Labute approximate surface area is 106 Å². The molecule has 0 bridgehead atoms. The van der Waals surface area contributed by atoms with E-state index in [-0.39, 0.29) is 11.5 Å². The number of ketones is 1. The molecule has 2 rings (SSSR count). The lowest BCUT2D eigenvalue weighted by Gasteiger charge is -1.99. The average molecular weight is 297 g/mol. The van der Waals surface area contributed by atoms with Gasteiger partial charge < -0.3 is 5.11 Å². The first kappa shape index (κ1) is 11.4. The van der Waals surface area contributed by atoms with Crippen molar-refractivity contribution in [1.82, 2.24) is 0 Å². The number of phenols is 1. The zero-order valence-electron chi connectivity index (χ0n) is 8.31. The van der Waals surface area contributed by atoms with Gasteiger partial charge in [-0.25, -0.2) is 0 Å². The Balaban J connectivity index is 2.13. The van der Waals surface area contributed by atoms with Gasteiger partial charge in [0.1, 0.15) is 5.75 Å². The first-order valence-electron chi connectivity index (χ1n) is 4.71. The monoisotopic (exact) mass is 296 g/mol. The number of phenolic OH excluding ortho intramolecular Hbond substituents is 1. The van der Waals surface area contributed by atoms with Gasteiger partial charge in [-0.1, -0.05) is 12.1 Å². The molecule has 16 heavy (non-hydrogen) atoms. The smallest absolute Gasteiger partial charge is 0.177 e. The molecule has 0 saturated carbocycles. The summed E-state index contributed by atoms with van der Waals surface area (Å²) in [4.78, 5) is 12.6. The fourth-order valence-electron chi connectivity index (χ4n) is 1.40. The molecule has 0 saturated heterocycles. The van der Waals surface area contributed by atoms with Crippen LogP contribution in [0.4, 0.5) is 0 Å². The quantitative estimate of drug-likeness (QED) is 0.878. The van der Waals surface area contributed by atoms with Crippen LogP contribution in [0.15, 0.2) is 40.2 Å². The highest BCUT2D eigenvalue weighted by Gasteiger charge is 2.09. The van der Waals surface area contributed by atoms with Gasteiger partial charge in [0, 0.05) is 6.42 Å². The van der Waals surface area contributed by atoms with E-state index in [2.05, 4.69) is 15.9 Å². The number of carbonyl (C=O) groups is 1. The Morgan fingerprint density at radius 1 is 1.31 bits per heavy atom. The third-order valence-corrected chi connectivity index (χ3v) is 3.79. The van der Waals surface area contributed by atoms with Crippen LogP contribution in [0.5, 0.6) is 5.75 Å². The minimum Gasteiger partial charge on any atom is -0.508 e. The van der Waals surface area contributed by atoms with E-state index in [1.807, 2.05) is 12.1 Å². The summed E-state index contributed by atoms with van der Waals surface area (Å²) >= 11 is 4.75. The second-order valence-electron chi connectivity index (χ2n) is 3.37. The number of aromatic hydroxyl groups is 1. The van der Waals surface area contributed by atoms with E-state index in [4.69, 9.17) is 0 Å². The van der Waals surface area contributed by atoms with Crippen molar-refractivity contribution < 1.29 is 9.90 Å². The predicted molar refractivity (Wildman–Crippen MR) is 68.2 cm³/mol. The number of Topliss-reactive ketones (excluding diaryl/α,β-unsaturated/α-hetero) is 1. The maximum absolute atomic E-state index is 11.8. The van der Waals surface area contributed by atoms with Crippen LogP contribution < -0.4 is 0 Å². The molecule has 82 valence electrons. The molecule has 2 aromatic rings. The van der Waals surface area contributed by atoms with Crippen LogP contribution in [0.1, 0.15) is 15.2 Å². The minimum atomic E-state index is 0.0706. The van der Waals surface area contributed by atoms with Gasteiger partial charge in [-0.05, 0) is 45.8 Å². The van der Waals surface area contributed by atoms with Crippen LogP contribution in [0, 0.1) is 0 Å². The lowest BCUT2D eigenvalue weighted by atomic mass is 10.1. The summed E-state index contributed by atoms with van der Waals surface area (Å²) in [6.45, 7) is 0. The molecule has 0 spiro atoms. The maximum Gasteiger partial charge on any atom is 0.177 e. The molecule has 2 nitrogen and oxygen atoms in total. The first-order valence-corrected chi connectivity index (χ1v) is 6.32. The molecule has 1 aromatic heterocycles. The van der Waals surface area contributed by atoms with Gasteiger partial charge in [-0.3, -0.25) is 4.79 Å². The second kappa shape index (κ2) is 4.80.